The maximum atomic E-state index is 13.5. The van der Waals surface area contributed by atoms with Crippen molar-refractivity contribution in [3.05, 3.63) is 17.5 Å². The zero-order chi connectivity index (χ0) is 11.7. The molecule has 0 N–H and O–H groups in total. The predicted octanol–water partition coefficient (Wildman–Crippen LogP) is 0.650. The fraction of sp³-hybridized carbons (Fsp3) is 0.333. The van der Waals surface area contributed by atoms with Gasteiger partial charge in [0.05, 0.1) is 11.4 Å². The molecule has 1 unspecified atom stereocenters. The molecular formula is C9H11BF3OP. The number of benzene rings is 1. The standard InChI is InChI=1S/C9H11BF3OP/c1-3(2)14-8-6(12)4(10)5(11)7(13)9(8)15/h3H,10,15H2,1-2H3. The van der Waals surface area contributed by atoms with E-state index in [1.165, 1.54) is 7.85 Å². The summed E-state index contributed by atoms with van der Waals surface area (Å²) in [5, 5.41) is -0.218. The average molecular weight is 234 g/mol. The molecule has 0 aliphatic carbocycles. The summed E-state index contributed by atoms with van der Waals surface area (Å²) in [6, 6.07) is 0. The molecule has 15 heavy (non-hydrogen) atoms. The number of halogens is 3. The summed E-state index contributed by atoms with van der Waals surface area (Å²) in [7, 11) is 3.12. The lowest BCUT2D eigenvalue weighted by atomic mass is 9.94. The Balaban J connectivity index is 3.39. The van der Waals surface area contributed by atoms with Crippen molar-refractivity contribution in [1.29, 1.82) is 0 Å². The summed E-state index contributed by atoms with van der Waals surface area (Å²) < 4.78 is 44.9. The molecule has 0 aliphatic heterocycles. The van der Waals surface area contributed by atoms with Crippen LogP contribution in [0.5, 0.6) is 5.75 Å². The van der Waals surface area contributed by atoms with Crippen LogP contribution in [0.2, 0.25) is 0 Å². The van der Waals surface area contributed by atoms with Gasteiger partial charge in [0.15, 0.2) is 23.2 Å². The number of hydrogen-bond donors (Lipinski definition) is 0. The third kappa shape index (κ3) is 2.28. The van der Waals surface area contributed by atoms with Crippen molar-refractivity contribution in [3.8, 4) is 5.75 Å². The van der Waals surface area contributed by atoms with Crippen LogP contribution in [0.25, 0.3) is 0 Å². The first kappa shape index (κ1) is 12.4. The van der Waals surface area contributed by atoms with Crippen LogP contribution < -0.4 is 15.5 Å². The molecule has 1 nitrogen and oxygen atoms in total. The highest BCUT2D eigenvalue weighted by Crippen LogP contribution is 2.20. The minimum atomic E-state index is -1.17. The topological polar surface area (TPSA) is 9.23 Å². The Labute approximate surface area is 89.6 Å². The van der Waals surface area contributed by atoms with Crippen molar-refractivity contribution in [2.75, 3.05) is 0 Å². The number of rotatable bonds is 2. The Morgan fingerprint density at radius 2 is 1.67 bits per heavy atom. The van der Waals surface area contributed by atoms with E-state index in [9.17, 15) is 13.2 Å². The lowest BCUT2D eigenvalue weighted by Crippen LogP contribution is -2.25. The highest BCUT2D eigenvalue weighted by molar-refractivity contribution is 7.27. The van der Waals surface area contributed by atoms with Crippen LogP contribution in [0.1, 0.15) is 13.8 Å². The summed E-state index contributed by atoms with van der Waals surface area (Å²) in [6.45, 7) is 3.36. The molecule has 82 valence electrons. The van der Waals surface area contributed by atoms with Crippen LogP contribution in [0.15, 0.2) is 0 Å². The van der Waals surface area contributed by atoms with Gasteiger partial charge in [0, 0.05) is 0 Å². The first-order valence-corrected chi connectivity index (χ1v) is 5.03. The van der Waals surface area contributed by atoms with Crippen molar-refractivity contribution >= 4 is 27.9 Å². The smallest absolute Gasteiger partial charge is 0.169 e. The van der Waals surface area contributed by atoms with Crippen LogP contribution in [0, 0.1) is 17.5 Å². The van der Waals surface area contributed by atoms with Crippen LogP contribution in [0.3, 0.4) is 0 Å². The second-order valence-electron chi connectivity index (χ2n) is 3.48. The second-order valence-corrected chi connectivity index (χ2v) is 4.05. The normalized spacial score (nSPS) is 10.9. The molecule has 0 fully saturated rings. The van der Waals surface area contributed by atoms with E-state index in [0.29, 0.717) is 0 Å². The van der Waals surface area contributed by atoms with Gasteiger partial charge >= 0.3 is 0 Å². The highest BCUT2D eigenvalue weighted by Gasteiger charge is 2.21. The van der Waals surface area contributed by atoms with E-state index in [-0.39, 0.29) is 22.6 Å². The van der Waals surface area contributed by atoms with Crippen molar-refractivity contribution in [3.63, 3.8) is 0 Å². The SMILES string of the molecule is Bc1c(F)c(F)c(P)c(OC(C)C)c1F. The lowest BCUT2D eigenvalue weighted by Gasteiger charge is -2.15. The molecule has 0 aromatic heterocycles. The van der Waals surface area contributed by atoms with E-state index in [4.69, 9.17) is 4.74 Å². The van der Waals surface area contributed by atoms with Crippen molar-refractivity contribution in [1.82, 2.24) is 0 Å². The fourth-order valence-electron chi connectivity index (χ4n) is 1.12. The highest BCUT2D eigenvalue weighted by atomic mass is 31.0. The predicted molar refractivity (Wildman–Crippen MR) is 59.6 cm³/mol. The molecule has 1 aromatic rings. The Kier molecular flexibility index (Phi) is 3.66. The molecular weight excluding hydrogens is 223 g/mol. The molecule has 0 spiro atoms. The first-order chi connectivity index (χ1) is 6.86. The third-order valence-electron chi connectivity index (χ3n) is 1.89. The lowest BCUT2D eigenvalue weighted by molar-refractivity contribution is 0.232. The molecule has 0 aliphatic rings. The second kappa shape index (κ2) is 4.44. The van der Waals surface area contributed by atoms with E-state index in [1.807, 2.05) is 9.24 Å². The van der Waals surface area contributed by atoms with Gasteiger partial charge in [0.2, 0.25) is 0 Å². The maximum Gasteiger partial charge on any atom is 0.169 e. The summed E-state index contributed by atoms with van der Waals surface area (Å²) in [4.78, 5) is 0. The van der Waals surface area contributed by atoms with Gasteiger partial charge in [0.1, 0.15) is 7.85 Å². The Morgan fingerprint density at radius 3 is 2.13 bits per heavy atom. The quantitative estimate of drug-likeness (QED) is 0.414. The Morgan fingerprint density at radius 1 is 1.13 bits per heavy atom. The van der Waals surface area contributed by atoms with Gasteiger partial charge in [0.25, 0.3) is 0 Å². The van der Waals surface area contributed by atoms with E-state index in [2.05, 4.69) is 0 Å². The largest absolute Gasteiger partial charge is 0.487 e. The van der Waals surface area contributed by atoms with Crippen molar-refractivity contribution in [2.45, 2.75) is 20.0 Å². The van der Waals surface area contributed by atoms with E-state index >= 15 is 0 Å². The van der Waals surface area contributed by atoms with Crippen LogP contribution in [-0.2, 0) is 0 Å². The van der Waals surface area contributed by atoms with Crippen LogP contribution in [-0.4, -0.2) is 14.0 Å². The Hall–Kier alpha value is -0.695. The van der Waals surface area contributed by atoms with Gasteiger partial charge in [-0.3, -0.25) is 0 Å². The van der Waals surface area contributed by atoms with Gasteiger partial charge in [-0.1, -0.05) is 9.24 Å². The molecule has 1 atom stereocenters. The van der Waals surface area contributed by atoms with Crippen LogP contribution in [0.4, 0.5) is 13.2 Å². The van der Waals surface area contributed by atoms with Gasteiger partial charge in [-0.05, 0) is 19.3 Å². The zero-order valence-electron chi connectivity index (χ0n) is 8.70. The fourth-order valence-corrected chi connectivity index (χ4v) is 1.44. The molecule has 0 saturated heterocycles. The molecule has 1 rings (SSSR count). The van der Waals surface area contributed by atoms with Gasteiger partial charge in [-0.25, -0.2) is 13.2 Å². The summed E-state index contributed by atoms with van der Waals surface area (Å²) in [6.07, 6.45) is -0.303. The summed E-state index contributed by atoms with van der Waals surface area (Å²) >= 11 is 0. The minimum Gasteiger partial charge on any atom is -0.487 e. The zero-order valence-corrected chi connectivity index (χ0v) is 9.85. The average Bonchev–Trinajstić information content (AvgIpc) is 2.18. The summed E-state index contributed by atoms with van der Waals surface area (Å²) in [5.74, 6) is -3.36. The molecule has 0 amide bonds. The third-order valence-corrected chi connectivity index (χ3v) is 2.40. The first-order valence-electron chi connectivity index (χ1n) is 4.45. The molecule has 6 heteroatoms. The minimum absolute atomic E-state index is 0.218. The van der Waals surface area contributed by atoms with Crippen molar-refractivity contribution in [2.24, 2.45) is 0 Å². The van der Waals surface area contributed by atoms with E-state index < -0.39 is 17.5 Å². The molecule has 0 radical (unpaired) electrons. The van der Waals surface area contributed by atoms with Gasteiger partial charge < -0.3 is 4.74 Å². The number of hydrogen-bond acceptors (Lipinski definition) is 1. The van der Waals surface area contributed by atoms with E-state index in [0.717, 1.165) is 0 Å². The maximum absolute atomic E-state index is 13.5. The Bertz CT molecular complexity index is 366. The molecule has 1 aromatic carbocycles. The monoisotopic (exact) mass is 234 g/mol. The molecule has 0 saturated carbocycles. The van der Waals surface area contributed by atoms with Crippen LogP contribution >= 0.6 is 9.24 Å². The summed E-state index contributed by atoms with van der Waals surface area (Å²) in [5.41, 5.74) is -0.366. The number of ether oxygens (including phenoxy) is 1. The van der Waals surface area contributed by atoms with Gasteiger partial charge in [-0.15, -0.1) is 0 Å². The molecule has 0 heterocycles. The van der Waals surface area contributed by atoms with E-state index in [1.54, 1.807) is 13.8 Å². The van der Waals surface area contributed by atoms with Crippen molar-refractivity contribution < 1.29 is 17.9 Å². The molecule has 0 bridgehead atoms. The van der Waals surface area contributed by atoms with Gasteiger partial charge in [-0.2, -0.15) is 0 Å².